The maximum Gasteiger partial charge on any atom is 0.411 e. The van der Waals surface area contributed by atoms with Gasteiger partial charge in [0, 0.05) is 37.3 Å². The second-order valence-corrected chi connectivity index (χ2v) is 16.9. The minimum absolute atomic E-state index is 0.268. The number of carbonyl (C=O) groups is 2. The summed E-state index contributed by atoms with van der Waals surface area (Å²) in [6.45, 7) is 19.0. The van der Waals surface area contributed by atoms with Gasteiger partial charge in [0.15, 0.2) is 0 Å². The predicted octanol–water partition coefficient (Wildman–Crippen LogP) is 6.07. The van der Waals surface area contributed by atoms with Crippen LogP contribution in [0.5, 0.6) is 0 Å². The van der Waals surface area contributed by atoms with Gasteiger partial charge in [-0.1, -0.05) is 25.7 Å². The fourth-order valence-electron chi connectivity index (χ4n) is 3.64. The van der Waals surface area contributed by atoms with Gasteiger partial charge in [-0.15, -0.1) is 6.58 Å². The third-order valence-corrected chi connectivity index (χ3v) is 7.31. The molecule has 0 fully saturated rings. The Balaban J connectivity index is 2.49. The van der Waals surface area contributed by atoms with E-state index in [1.54, 1.807) is 24.3 Å². The van der Waals surface area contributed by atoms with Crippen LogP contribution in [0.15, 0.2) is 30.9 Å². The largest absolute Gasteiger partial charge is 0.453 e. The van der Waals surface area contributed by atoms with Gasteiger partial charge < -0.3 is 29.8 Å². The Morgan fingerprint density at radius 3 is 2.47 bits per heavy atom. The molecule has 2 aromatic rings. The van der Waals surface area contributed by atoms with Crippen LogP contribution in [-0.4, -0.2) is 49.1 Å². The molecule has 0 unspecified atom stereocenters. The van der Waals surface area contributed by atoms with Crippen LogP contribution < -0.4 is 16.4 Å². The Hall–Kier alpha value is -3.31. The highest BCUT2D eigenvalue weighted by atomic mass is 28.3. The van der Waals surface area contributed by atoms with Crippen LogP contribution in [0, 0.1) is 6.92 Å². The lowest BCUT2D eigenvalue weighted by atomic mass is 10.1. The number of aromatic nitrogens is 2. The number of carbonyl (C=O) groups excluding carboxylic acids is 2. The number of anilines is 2. The lowest BCUT2D eigenvalue weighted by Crippen LogP contribution is -2.36. The van der Waals surface area contributed by atoms with E-state index < -0.39 is 31.9 Å². The van der Waals surface area contributed by atoms with Gasteiger partial charge >= 0.3 is 12.2 Å². The van der Waals surface area contributed by atoms with Crippen molar-refractivity contribution in [2.75, 3.05) is 24.8 Å². The molecule has 1 aromatic heterocycles. The van der Waals surface area contributed by atoms with E-state index in [2.05, 4.69) is 41.6 Å². The zero-order valence-corrected chi connectivity index (χ0v) is 24.9. The van der Waals surface area contributed by atoms with E-state index in [1.165, 1.54) is 7.11 Å². The maximum atomic E-state index is 12.7. The summed E-state index contributed by atoms with van der Waals surface area (Å²) in [5.74, 6) is 0.604. The number of nitrogens with two attached hydrogens (primary N) is 1. The monoisotopic (exact) mass is 545 g/mol. The molecule has 0 saturated heterocycles. The summed E-state index contributed by atoms with van der Waals surface area (Å²) in [6, 6.07) is 5.69. The summed E-state index contributed by atoms with van der Waals surface area (Å²) in [6.07, 6.45) is 1.02. The van der Waals surface area contributed by atoms with E-state index in [4.69, 9.17) is 20.2 Å². The number of nitrogens with one attached hydrogen (secondary N) is 2. The Bertz CT molecular complexity index is 1130. The van der Waals surface area contributed by atoms with E-state index in [0.717, 1.165) is 11.7 Å². The van der Waals surface area contributed by atoms with Crippen LogP contribution in [0.2, 0.25) is 25.7 Å². The van der Waals surface area contributed by atoms with Gasteiger partial charge in [0.2, 0.25) is 0 Å². The number of nitrogens with zero attached hydrogens (tertiary/aromatic N) is 2. The first-order valence-electron chi connectivity index (χ1n) is 12.6. The molecule has 2 rings (SSSR count). The topological polar surface area (TPSA) is 130 Å². The summed E-state index contributed by atoms with van der Waals surface area (Å²) < 4.78 is 18.2. The molecular weight excluding hydrogens is 502 g/mol. The molecular formula is C27H43N5O5Si. The third kappa shape index (κ3) is 9.21. The molecule has 0 radical (unpaired) electrons. The van der Waals surface area contributed by atoms with Gasteiger partial charge in [-0.05, 0) is 58.4 Å². The normalized spacial score (nSPS) is 12.5. The SMILES string of the molecule is C=CC[C@H](NC(=O)OC(C)(C)C)c1nc(-c2ccc(NC(=O)OC)cc2N)c(C)n1COCC[Si](C)(C)C. The van der Waals surface area contributed by atoms with E-state index in [0.29, 0.717) is 41.5 Å². The summed E-state index contributed by atoms with van der Waals surface area (Å²) >= 11 is 0. The van der Waals surface area contributed by atoms with Crippen LogP contribution >= 0.6 is 0 Å². The lowest BCUT2D eigenvalue weighted by Gasteiger charge is -2.24. The molecule has 0 aliphatic heterocycles. The highest BCUT2D eigenvalue weighted by Gasteiger charge is 2.26. The Labute approximate surface area is 226 Å². The van der Waals surface area contributed by atoms with E-state index in [1.807, 2.05) is 32.3 Å². The average molecular weight is 546 g/mol. The van der Waals surface area contributed by atoms with E-state index in [9.17, 15) is 9.59 Å². The van der Waals surface area contributed by atoms with Gasteiger partial charge in [-0.3, -0.25) is 5.32 Å². The van der Waals surface area contributed by atoms with Gasteiger partial charge in [0.05, 0.1) is 18.8 Å². The zero-order valence-electron chi connectivity index (χ0n) is 23.9. The molecule has 0 saturated carbocycles. The number of amides is 2. The van der Waals surface area contributed by atoms with E-state index in [-0.39, 0.29) is 6.73 Å². The third-order valence-electron chi connectivity index (χ3n) is 5.61. The molecule has 10 nitrogen and oxygen atoms in total. The van der Waals surface area contributed by atoms with Crippen LogP contribution in [0.3, 0.4) is 0 Å². The number of ether oxygens (including phenoxy) is 3. The highest BCUT2D eigenvalue weighted by Crippen LogP contribution is 2.33. The predicted molar refractivity (Wildman–Crippen MR) is 154 cm³/mol. The van der Waals surface area contributed by atoms with Crippen molar-refractivity contribution in [1.82, 2.24) is 14.9 Å². The van der Waals surface area contributed by atoms with Crippen molar-refractivity contribution in [1.29, 1.82) is 0 Å². The molecule has 2 amide bonds. The molecule has 210 valence electrons. The van der Waals surface area contributed by atoms with Crippen molar-refractivity contribution in [3.8, 4) is 11.3 Å². The quantitative estimate of drug-likeness (QED) is 0.135. The Morgan fingerprint density at radius 2 is 1.92 bits per heavy atom. The molecule has 0 aliphatic rings. The van der Waals surface area contributed by atoms with Gasteiger partial charge in [-0.2, -0.15) is 0 Å². The number of imidazole rings is 1. The molecule has 0 spiro atoms. The van der Waals surface area contributed by atoms with Crippen LogP contribution in [-0.2, 0) is 20.9 Å². The van der Waals surface area contributed by atoms with Gasteiger partial charge in [0.25, 0.3) is 0 Å². The summed E-state index contributed by atoms with van der Waals surface area (Å²) in [7, 11) is 0.0242. The smallest absolute Gasteiger partial charge is 0.411 e. The van der Waals surface area contributed by atoms with Gasteiger partial charge in [-0.25, -0.2) is 14.6 Å². The van der Waals surface area contributed by atoms with Crippen molar-refractivity contribution >= 4 is 31.6 Å². The first-order chi connectivity index (χ1) is 17.6. The molecule has 1 heterocycles. The van der Waals surface area contributed by atoms with Crippen molar-refractivity contribution < 1.29 is 23.8 Å². The number of methoxy groups -OCH3 is 1. The number of nitrogen functional groups attached to an aromatic ring is 1. The first-order valence-corrected chi connectivity index (χ1v) is 16.4. The van der Waals surface area contributed by atoms with Crippen LogP contribution in [0.4, 0.5) is 21.0 Å². The number of hydrogen-bond acceptors (Lipinski definition) is 7. The highest BCUT2D eigenvalue weighted by molar-refractivity contribution is 6.76. The molecule has 1 aromatic carbocycles. The molecule has 11 heteroatoms. The molecule has 38 heavy (non-hydrogen) atoms. The fraction of sp³-hybridized carbons (Fsp3) is 0.519. The molecule has 0 aliphatic carbocycles. The number of rotatable bonds is 11. The van der Waals surface area contributed by atoms with Crippen molar-refractivity contribution in [2.45, 2.75) is 78.2 Å². The van der Waals surface area contributed by atoms with Crippen molar-refractivity contribution in [2.24, 2.45) is 0 Å². The first kappa shape index (κ1) is 30.9. The molecule has 4 N–H and O–H groups in total. The van der Waals surface area contributed by atoms with Crippen LogP contribution in [0.25, 0.3) is 11.3 Å². The number of benzene rings is 1. The maximum absolute atomic E-state index is 12.7. The lowest BCUT2D eigenvalue weighted by molar-refractivity contribution is 0.0491. The number of hydrogen-bond donors (Lipinski definition) is 3. The second-order valence-electron chi connectivity index (χ2n) is 11.3. The number of alkyl carbamates (subject to hydrolysis) is 1. The standard InChI is InChI=1S/C27H43N5O5Si/c1-10-11-22(30-26(34)37-27(3,4)5)24-31-23(18(2)32(24)17-36-14-15-38(7,8)9)20-13-12-19(16-21(20)28)29-25(33)35-6/h10,12-13,16,22H,1,11,14-15,17,28H2,2-9H3,(H,29,33)(H,30,34)/t22-/m0/s1. The van der Waals surface area contributed by atoms with E-state index >= 15 is 0 Å². The zero-order chi connectivity index (χ0) is 28.7. The summed E-state index contributed by atoms with van der Waals surface area (Å²) in [5.41, 5.74) is 8.83. The second kappa shape index (κ2) is 13.0. The Kier molecular flexibility index (Phi) is 10.5. The van der Waals surface area contributed by atoms with Crippen LogP contribution in [0.1, 0.15) is 44.8 Å². The van der Waals surface area contributed by atoms with Crippen molar-refractivity contribution in [3.63, 3.8) is 0 Å². The fourth-order valence-corrected chi connectivity index (χ4v) is 4.40. The summed E-state index contributed by atoms with van der Waals surface area (Å²) in [5, 5.41) is 5.54. The van der Waals surface area contributed by atoms with Gasteiger partial charge in [0.1, 0.15) is 18.2 Å². The Morgan fingerprint density at radius 1 is 1.24 bits per heavy atom. The minimum atomic E-state index is -1.27. The summed E-state index contributed by atoms with van der Waals surface area (Å²) in [4.78, 5) is 29.2. The minimum Gasteiger partial charge on any atom is -0.453 e. The average Bonchev–Trinajstić information content (AvgIpc) is 3.10. The van der Waals surface area contributed by atoms with Crippen molar-refractivity contribution in [3.05, 3.63) is 42.4 Å². The molecule has 0 bridgehead atoms. The molecule has 1 atom stereocenters.